The van der Waals surface area contributed by atoms with E-state index in [0.29, 0.717) is 17.8 Å². The van der Waals surface area contributed by atoms with Crippen LogP contribution in [0.3, 0.4) is 0 Å². The smallest absolute Gasteiger partial charge is 0.273 e. The van der Waals surface area contributed by atoms with E-state index in [1.807, 2.05) is 26.0 Å². The van der Waals surface area contributed by atoms with Crippen LogP contribution < -0.4 is 10.6 Å². The van der Waals surface area contributed by atoms with Gasteiger partial charge in [0.1, 0.15) is 5.69 Å². The van der Waals surface area contributed by atoms with Crippen molar-refractivity contribution in [3.63, 3.8) is 0 Å². The van der Waals surface area contributed by atoms with Crippen molar-refractivity contribution in [2.75, 3.05) is 10.6 Å². The highest BCUT2D eigenvalue weighted by atomic mass is 16.2. The average Bonchev–Trinajstić information content (AvgIpc) is 2.85. The van der Waals surface area contributed by atoms with Crippen molar-refractivity contribution in [2.45, 2.75) is 25.7 Å². The van der Waals surface area contributed by atoms with Crippen LogP contribution in [0.25, 0.3) is 0 Å². The van der Waals surface area contributed by atoms with E-state index in [9.17, 15) is 9.59 Å². The number of anilines is 2. The number of fused-ring (bicyclic) bond motifs is 1. The normalized spacial score (nSPS) is 15.9. The van der Waals surface area contributed by atoms with Crippen LogP contribution in [0.5, 0.6) is 0 Å². The summed E-state index contributed by atoms with van der Waals surface area (Å²) in [4.78, 5) is 23.9. The minimum Gasteiger partial charge on any atom is -0.326 e. The highest BCUT2D eigenvalue weighted by Gasteiger charge is 2.32. The van der Waals surface area contributed by atoms with E-state index < -0.39 is 0 Å². The van der Waals surface area contributed by atoms with Crippen molar-refractivity contribution in [3.05, 3.63) is 41.7 Å². The fraction of sp³-hybridized carbons (Fsp3) is 0.312. The zero-order valence-electron chi connectivity index (χ0n) is 12.8. The summed E-state index contributed by atoms with van der Waals surface area (Å²) in [5, 5.41) is 9.73. The molecule has 0 aliphatic carbocycles. The largest absolute Gasteiger partial charge is 0.326 e. The Balaban J connectivity index is 1.90. The molecule has 1 aliphatic heterocycles. The molecule has 0 saturated carbocycles. The van der Waals surface area contributed by atoms with Gasteiger partial charge in [0.2, 0.25) is 5.91 Å². The number of nitrogens with one attached hydrogen (secondary N) is 2. The third kappa shape index (κ3) is 2.47. The minimum absolute atomic E-state index is 0.0178. The molecule has 0 bridgehead atoms. The quantitative estimate of drug-likeness (QED) is 0.893. The number of amides is 2. The van der Waals surface area contributed by atoms with Gasteiger partial charge >= 0.3 is 0 Å². The van der Waals surface area contributed by atoms with Gasteiger partial charge in [-0.05, 0) is 29.8 Å². The SMILES string of the molecule is Cn1nccc1C(=O)Nc1ccc2c(c1)C(C)(C)CC(=O)N2. The molecule has 2 aromatic rings. The lowest BCUT2D eigenvalue weighted by Gasteiger charge is -2.32. The van der Waals surface area contributed by atoms with Crippen LogP contribution in [0, 0.1) is 0 Å². The van der Waals surface area contributed by atoms with Gasteiger partial charge in [0.05, 0.1) is 0 Å². The molecule has 0 spiro atoms. The Labute approximate surface area is 128 Å². The topological polar surface area (TPSA) is 76.0 Å². The Bertz CT molecular complexity index is 761. The van der Waals surface area contributed by atoms with Crippen molar-refractivity contribution >= 4 is 23.2 Å². The van der Waals surface area contributed by atoms with E-state index in [4.69, 9.17) is 0 Å². The average molecular weight is 298 g/mol. The molecule has 3 rings (SSSR count). The lowest BCUT2D eigenvalue weighted by Crippen LogP contribution is -2.32. The molecule has 1 aromatic carbocycles. The maximum absolute atomic E-state index is 12.2. The fourth-order valence-corrected chi connectivity index (χ4v) is 2.77. The molecule has 2 heterocycles. The van der Waals surface area contributed by atoms with Gasteiger partial charge in [0.15, 0.2) is 0 Å². The molecular formula is C16H18N4O2. The third-order valence-corrected chi connectivity index (χ3v) is 3.94. The second kappa shape index (κ2) is 4.98. The fourth-order valence-electron chi connectivity index (χ4n) is 2.77. The number of aromatic nitrogens is 2. The number of benzene rings is 1. The second-order valence-corrected chi connectivity index (χ2v) is 6.16. The lowest BCUT2D eigenvalue weighted by atomic mass is 9.78. The van der Waals surface area contributed by atoms with E-state index in [2.05, 4.69) is 15.7 Å². The van der Waals surface area contributed by atoms with Crippen molar-refractivity contribution in [1.82, 2.24) is 9.78 Å². The number of rotatable bonds is 2. The molecule has 0 fully saturated rings. The summed E-state index contributed by atoms with van der Waals surface area (Å²) in [7, 11) is 1.72. The molecule has 0 unspecified atom stereocenters. The summed E-state index contributed by atoms with van der Waals surface area (Å²) < 4.78 is 1.53. The zero-order chi connectivity index (χ0) is 15.9. The molecule has 1 aliphatic rings. The highest BCUT2D eigenvalue weighted by molar-refractivity contribution is 6.03. The summed E-state index contributed by atoms with van der Waals surface area (Å²) in [5.41, 5.74) is 2.76. The molecule has 0 atom stereocenters. The predicted molar refractivity (Wildman–Crippen MR) is 83.9 cm³/mol. The first kappa shape index (κ1) is 14.3. The molecule has 1 aromatic heterocycles. The highest BCUT2D eigenvalue weighted by Crippen LogP contribution is 2.38. The maximum Gasteiger partial charge on any atom is 0.273 e. The monoisotopic (exact) mass is 298 g/mol. The van der Waals surface area contributed by atoms with Crippen LogP contribution in [0.15, 0.2) is 30.5 Å². The Morgan fingerprint density at radius 2 is 2.14 bits per heavy atom. The van der Waals surface area contributed by atoms with Gasteiger partial charge in [-0.2, -0.15) is 5.10 Å². The van der Waals surface area contributed by atoms with Crippen LogP contribution in [-0.2, 0) is 17.3 Å². The number of carbonyl (C=O) groups is 2. The van der Waals surface area contributed by atoms with Crippen molar-refractivity contribution in [1.29, 1.82) is 0 Å². The van der Waals surface area contributed by atoms with Crippen molar-refractivity contribution in [2.24, 2.45) is 7.05 Å². The first-order valence-electron chi connectivity index (χ1n) is 7.10. The summed E-state index contributed by atoms with van der Waals surface area (Å²) in [6, 6.07) is 7.20. The van der Waals surface area contributed by atoms with Crippen LogP contribution >= 0.6 is 0 Å². The molecule has 2 N–H and O–H groups in total. The molecule has 0 saturated heterocycles. The first-order valence-corrected chi connectivity index (χ1v) is 7.10. The summed E-state index contributed by atoms with van der Waals surface area (Å²) in [6.07, 6.45) is 2.01. The standard InChI is InChI=1S/C16H18N4O2/c1-16(2)9-14(21)19-12-5-4-10(8-11(12)16)18-15(22)13-6-7-17-20(13)3/h4-8H,9H2,1-3H3,(H,18,22)(H,19,21). The van der Waals surface area contributed by atoms with E-state index >= 15 is 0 Å². The lowest BCUT2D eigenvalue weighted by molar-refractivity contribution is -0.117. The second-order valence-electron chi connectivity index (χ2n) is 6.16. The summed E-state index contributed by atoms with van der Waals surface area (Å²) in [6.45, 7) is 4.05. The van der Waals surface area contributed by atoms with Crippen LogP contribution in [0.4, 0.5) is 11.4 Å². The van der Waals surface area contributed by atoms with Crippen LogP contribution in [0.2, 0.25) is 0 Å². The molecule has 114 valence electrons. The van der Waals surface area contributed by atoms with Gasteiger partial charge in [-0.25, -0.2) is 0 Å². The van der Waals surface area contributed by atoms with Crippen molar-refractivity contribution < 1.29 is 9.59 Å². The zero-order valence-corrected chi connectivity index (χ0v) is 12.8. The van der Waals surface area contributed by atoms with Gasteiger partial charge in [-0.1, -0.05) is 13.8 Å². The summed E-state index contributed by atoms with van der Waals surface area (Å²) >= 11 is 0. The summed E-state index contributed by atoms with van der Waals surface area (Å²) in [5.74, 6) is -0.193. The molecule has 2 amide bonds. The maximum atomic E-state index is 12.2. The molecule has 0 radical (unpaired) electrons. The van der Waals surface area contributed by atoms with E-state index in [-0.39, 0.29) is 17.2 Å². The van der Waals surface area contributed by atoms with E-state index in [1.165, 1.54) is 4.68 Å². The number of hydrogen-bond acceptors (Lipinski definition) is 3. The molecule has 22 heavy (non-hydrogen) atoms. The van der Waals surface area contributed by atoms with Gasteiger partial charge in [0, 0.05) is 36.5 Å². The predicted octanol–water partition coefficient (Wildman–Crippen LogP) is 2.29. The van der Waals surface area contributed by atoms with Crippen LogP contribution in [-0.4, -0.2) is 21.6 Å². The Morgan fingerprint density at radius 1 is 1.36 bits per heavy atom. The third-order valence-electron chi connectivity index (χ3n) is 3.94. The Kier molecular flexibility index (Phi) is 3.24. The van der Waals surface area contributed by atoms with Crippen LogP contribution in [0.1, 0.15) is 36.3 Å². The number of hydrogen-bond donors (Lipinski definition) is 2. The van der Waals surface area contributed by atoms with Gasteiger partial charge in [0.25, 0.3) is 5.91 Å². The molecular weight excluding hydrogens is 280 g/mol. The number of carbonyl (C=O) groups excluding carboxylic acids is 2. The van der Waals surface area contributed by atoms with E-state index in [0.717, 1.165) is 11.3 Å². The molecule has 6 nitrogen and oxygen atoms in total. The number of aryl methyl sites for hydroxylation is 1. The van der Waals surface area contributed by atoms with Crippen molar-refractivity contribution in [3.8, 4) is 0 Å². The van der Waals surface area contributed by atoms with Gasteiger partial charge in [-0.15, -0.1) is 0 Å². The number of nitrogens with zero attached hydrogens (tertiary/aromatic N) is 2. The Hall–Kier alpha value is -2.63. The van der Waals surface area contributed by atoms with Gasteiger partial charge in [-0.3, -0.25) is 14.3 Å². The Morgan fingerprint density at radius 3 is 2.82 bits per heavy atom. The minimum atomic E-state index is -0.259. The first-order chi connectivity index (χ1) is 10.4. The van der Waals surface area contributed by atoms with Gasteiger partial charge < -0.3 is 10.6 Å². The molecule has 6 heteroatoms. The van der Waals surface area contributed by atoms with E-state index in [1.54, 1.807) is 25.4 Å².